The first kappa shape index (κ1) is 20.2. The van der Waals surface area contributed by atoms with E-state index in [1.807, 2.05) is 18.2 Å². The molecule has 2 bridgehead atoms. The molecule has 2 aliphatic heterocycles. The number of benzene rings is 1. The van der Waals surface area contributed by atoms with Crippen molar-refractivity contribution in [1.29, 1.82) is 0 Å². The highest BCUT2D eigenvalue weighted by Crippen LogP contribution is 2.32. The number of halogens is 1. The first-order chi connectivity index (χ1) is 11.7. The molecule has 0 aromatic heterocycles. The number of ether oxygens (including phenoxy) is 1. The highest BCUT2D eigenvalue weighted by atomic mass is 35.5. The summed E-state index contributed by atoms with van der Waals surface area (Å²) in [6.07, 6.45) is 5.60. The molecule has 2 saturated heterocycles. The van der Waals surface area contributed by atoms with Crippen molar-refractivity contribution in [3.8, 4) is 0 Å². The van der Waals surface area contributed by atoms with Crippen LogP contribution < -0.4 is 10.6 Å². The van der Waals surface area contributed by atoms with Gasteiger partial charge in [-0.3, -0.25) is 4.79 Å². The van der Waals surface area contributed by atoms with Gasteiger partial charge in [-0.15, -0.1) is 12.4 Å². The van der Waals surface area contributed by atoms with Crippen molar-refractivity contribution in [2.45, 2.75) is 57.7 Å². The molecule has 0 radical (unpaired) electrons. The fourth-order valence-electron chi connectivity index (χ4n) is 3.98. The topological polar surface area (TPSA) is 50.4 Å². The maximum absolute atomic E-state index is 12.2. The third-order valence-electron chi connectivity index (χ3n) is 5.21. The quantitative estimate of drug-likeness (QED) is 0.742. The third kappa shape index (κ3) is 6.61. The maximum Gasteiger partial charge on any atom is 0.220 e. The maximum atomic E-state index is 12.2. The summed E-state index contributed by atoms with van der Waals surface area (Å²) in [5.74, 6) is 1.10. The summed E-state index contributed by atoms with van der Waals surface area (Å²) in [5.41, 5.74) is 1.19. The molecular weight excluding hydrogens is 336 g/mol. The van der Waals surface area contributed by atoms with Gasteiger partial charge >= 0.3 is 0 Å². The lowest BCUT2D eigenvalue weighted by atomic mass is 9.89. The van der Waals surface area contributed by atoms with Crippen molar-refractivity contribution in [3.63, 3.8) is 0 Å². The molecule has 2 fully saturated rings. The van der Waals surface area contributed by atoms with Crippen molar-refractivity contribution in [3.05, 3.63) is 35.9 Å². The van der Waals surface area contributed by atoms with Crippen LogP contribution in [-0.4, -0.2) is 31.1 Å². The molecule has 1 amide bonds. The van der Waals surface area contributed by atoms with E-state index in [0.29, 0.717) is 50.1 Å². The molecule has 4 nitrogen and oxygen atoms in total. The van der Waals surface area contributed by atoms with Crippen molar-refractivity contribution in [1.82, 2.24) is 10.6 Å². The van der Waals surface area contributed by atoms with E-state index in [1.54, 1.807) is 0 Å². The lowest BCUT2D eigenvalue weighted by Crippen LogP contribution is -2.40. The van der Waals surface area contributed by atoms with E-state index < -0.39 is 0 Å². The van der Waals surface area contributed by atoms with E-state index in [2.05, 4.69) is 29.7 Å². The molecule has 0 aliphatic carbocycles. The van der Waals surface area contributed by atoms with Gasteiger partial charge in [0.05, 0.1) is 13.2 Å². The van der Waals surface area contributed by atoms with Crippen molar-refractivity contribution >= 4 is 18.3 Å². The summed E-state index contributed by atoms with van der Waals surface area (Å²) in [6.45, 7) is 4.13. The molecule has 2 aliphatic rings. The van der Waals surface area contributed by atoms with Crippen molar-refractivity contribution in [2.24, 2.45) is 11.8 Å². The predicted molar refractivity (Wildman–Crippen MR) is 103 cm³/mol. The van der Waals surface area contributed by atoms with Gasteiger partial charge < -0.3 is 15.4 Å². The predicted octanol–water partition coefficient (Wildman–Crippen LogP) is 3.30. The number of carbonyl (C=O) groups is 1. The second-order valence-electron chi connectivity index (χ2n) is 7.59. The molecule has 1 aromatic rings. The molecule has 3 rings (SSSR count). The van der Waals surface area contributed by atoms with Crippen LogP contribution in [0.4, 0.5) is 0 Å². The summed E-state index contributed by atoms with van der Waals surface area (Å²) in [4.78, 5) is 12.2. The standard InChI is InChI=1S/C20H30N2O2.ClH/c1-15(13-24-14-16-5-3-2-4-6-16)12-21-20(23)11-17-9-18-7-8-19(10-17)22-18;/h2-6,15,17-19,22H,7-14H2,1H3,(H,21,23);1H. The number of rotatable bonds is 8. The van der Waals surface area contributed by atoms with E-state index in [1.165, 1.54) is 31.2 Å². The van der Waals surface area contributed by atoms with Crippen LogP contribution in [0.5, 0.6) is 0 Å². The molecule has 5 heteroatoms. The van der Waals surface area contributed by atoms with E-state index in [4.69, 9.17) is 4.74 Å². The van der Waals surface area contributed by atoms with Gasteiger partial charge in [0, 0.05) is 25.0 Å². The van der Waals surface area contributed by atoms with Crippen molar-refractivity contribution in [2.75, 3.05) is 13.2 Å². The Hall–Kier alpha value is -1.10. The monoisotopic (exact) mass is 366 g/mol. The molecule has 2 N–H and O–H groups in total. The molecule has 1 aromatic carbocycles. The van der Waals surface area contributed by atoms with Gasteiger partial charge in [-0.2, -0.15) is 0 Å². The number of amides is 1. The zero-order valence-electron chi connectivity index (χ0n) is 15.1. The molecule has 0 spiro atoms. The van der Waals surface area contributed by atoms with Crippen LogP contribution in [0.2, 0.25) is 0 Å². The lowest BCUT2D eigenvalue weighted by Gasteiger charge is -2.28. The van der Waals surface area contributed by atoms with Crippen LogP contribution >= 0.6 is 12.4 Å². The molecule has 25 heavy (non-hydrogen) atoms. The van der Waals surface area contributed by atoms with Gasteiger partial charge in [0.25, 0.3) is 0 Å². The molecule has 3 unspecified atom stereocenters. The Morgan fingerprint density at radius 3 is 2.60 bits per heavy atom. The largest absolute Gasteiger partial charge is 0.376 e. The van der Waals surface area contributed by atoms with Crippen LogP contribution in [0.1, 0.15) is 44.6 Å². The minimum Gasteiger partial charge on any atom is -0.376 e. The number of fused-ring (bicyclic) bond motifs is 2. The Balaban J connectivity index is 0.00000225. The van der Waals surface area contributed by atoms with E-state index in [9.17, 15) is 4.79 Å². The summed E-state index contributed by atoms with van der Waals surface area (Å²) in [5, 5.41) is 6.72. The number of hydrogen-bond donors (Lipinski definition) is 2. The minimum absolute atomic E-state index is 0. The Morgan fingerprint density at radius 1 is 1.24 bits per heavy atom. The third-order valence-corrected chi connectivity index (χ3v) is 5.21. The Bertz CT molecular complexity index is 514. The molecular formula is C20H31ClN2O2. The fourth-order valence-corrected chi connectivity index (χ4v) is 3.98. The molecule has 3 atom stereocenters. The Labute approximate surface area is 157 Å². The first-order valence-electron chi connectivity index (χ1n) is 9.33. The zero-order chi connectivity index (χ0) is 16.8. The van der Waals surface area contributed by atoms with E-state index in [0.717, 1.165) is 0 Å². The summed E-state index contributed by atoms with van der Waals surface area (Å²) >= 11 is 0. The number of piperidine rings is 1. The zero-order valence-corrected chi connectivity index (χ0v) is 15.9. The smallest absolute Gasteiger partial charge is 0.220 e. The van der Waals surface area contributed by atoms with E-state index >= 15 is 0 Å². The second-order valence-corrected chi connectivity index (χ2v) is 7.59. The normalized spacial score (nSPS) is 25.9. The average Bonchev–Trinajstić information content (AvgIpc) is 2.92. The lowest BCUT2D eigenvalue weighted by molar-refractivity contribution is -0.122. The Morgan fingerprint density at radius 2 is 1.92 bits per heavy atom. The average molecular weight is 367 g/mol. The van der Waals surface area contributed by atoms with Gasteiger partial charge in [-0.25, -0.2) is 0 Å². The van der Waals surface area contributed by atoms with Crippen LogP contribution in [0.3, 0.4) is 0 Å². The second kappa shape index (κ2) is 10.1. The van der Waals surface area contributed by atoms with Crippen LogP contribution in [0, 0.1) is 11.8 Å². The number of carbonyl (C=O) groups excluding carboxylic acids is 1. The van der Waals surface area contributed by atoms with E-state index in [-0.39, 0.29) is 18.3 Å². The highest BCUT2D eigenvalue weighted by Gasteiger charge is 2.34. The molecule has 2 heterocycles. The number of hydrogen-bond acceptors (Lipinski definition) is 3. The number of nitrogens with one attached hydrogen (secondary N) is 2. The molecule has 140 valence electrons. The van der Waals surface area contributed by atoms with Gasteiger partial charge in [-0.1, -0.05) is 37.3 Å². The van der Waals surface area contributed by atoms with Gasteiger partial charge in [0.2, 0.25) is 5.91 Å². The Kier molecular flexibility index (Phi) is 8.20. The van der Waals surface area contributed by atoms with Crippen LogP contribution in [-0.2, 0) is 16.1 Å². The summed E-state index contributed by atoms with van der Waals surface area (Å²) in [7, 11) is 0. The SMILES string of the molecule is CC(CNC(=O)CC1CC2CCC(C1)N2)COCc1ccccc1.Cl. The fraction of sp³-hybridized carbons (Fsp3) is 0.650. The molecule has 0 saturated carbocycles. The van der Waals surface area contributed by atoms with Gasteiger partial charge in [-0.05, 0) is 43.1 Å². The van der Waals surface area contributed by atoms with Gasteiger partial charge in [0.15, 0.2) is 0 Å². The summed E-state index contributed by atoms with van der Waals surface area (Å²) in [6, 6.07) is 11.5. The van der Waals surface area contributed by atoms with Crippen LogP contribution in [0.25, 0.3) is 0 Å². The van der Waals surface area contributed by atoms with Crippen LogP contribution in [0.15, 0.2) is 30.3 Å². The summed E-state index contributed by atoms with van der Waals surface area (Å²) < 4.78 is 5.74. The minimum atomic E-state index is 0. The highest BCUT2D eigenvalue weighted by molar-refractivity contribution is 5.85. The van der Waals surface area contributed by atoms with Crippen molar-refractivity contribution < 1.29 is 9.53 Å². The van der Waals surface area contributed by atoms with Gasteiger partial charge in [0.1, 0.15) is 0 Å². The first-order valence-corrected chi connectivity index (χ1v) is 9.33.